The summed E-state index contributed by atoms with van der Waals surface area (Å²) in [5.74, 6) is 1.08. The van der Waals surface area contributed by atoms with Crippen molar-refractivity contribution in [2.75, 3.05) is 24.5 Å². The molecule has 0 aromatic carbocycles. The molecule has 1 fully saturated rings. The summed E-state index contributed by atoms with van der Waals surface area (Å²) in [5, 5.41) is 13.8. The van der Waals surface area contributed by atoms with Crippen LogP contribution in [0.2, 0.25) is 0 Å². The molecular formula is C17H29N3O. The number of pyridine rings is 1. The number of hydrogen-bond acceptors (Lipinski definition) is 4. The quantitative estimate of drug-likeness (QED) is 0.876. The van der Waals surface area contributed by atoms with Gasteiger partial charge in [0.15, 0.2) is 0 Å². The van der Waals surface area contributed by atoms with Crippen molar-refractivity contribution in [1.29, 1.82) is 0 Å². The van der Waals surface area contributed by atoms with Crippen molar-refractivity contribution in [3.63, 3.8) is 0 Å². The first-order chi connectivity index (χ1) is 10.0. The van der Waals surface area contributed by atoms with Crippen LogP contribution in [0.3, 0.4) is 0 Å². The van der Waals surface area contributed by atoms with Gasteiger partial charge in [0.05, 0.1) is 5.60 Å². The van der Waals surface area contributed by atoms with Crippen LogP contribution in [0.4, 0.5) is 5.82 Å². The third-order valence-corrected chi connectivity index (χ3v) is 4.35. The molecule has 0 bridgehead atoms. The number of hydrogen-bond donors (Lipinski definition) is 2. The zero-order valence-corrected chi connectivity index (χ0v) is 13.6. The lowest BCUT2D eigenvalue weighted by Crippen LogP contribution is -2.30. The molecule has 4 heteroatoms. The fourth-order valence-corrected chi connectivity index (χ4v) is 2.96. The summed E-state index contributed by atoms with van der Waals surface area (Å²) in [6.07, 6.45) is 5.69. The highest BCUT2D eigenvalue weighted by Crippen LogP contribution is 2.28. The number of aliphatic hydroxyl groups is 1. The molecule has 118 valence electrons. The van der Waals surface area contributed by atoms with Gasteiger partial charge in [-0.15, -0.1) is 0 Å². The van der Waals surface area contributed by atoms with Gasteiger partial charge < -0.3 is 15.3 Å². The second-order valence-corrected chi connectivity index (χ2v) is 6.43. The Morgan fingerprint density at radius 1 is 1.43 bits per heavy atom. The van der Waals surface area contributed by atoms with E-state index in [1.165, 1.54) is 5.56 Å². The monoisotopic (exact) mass is 291 g/mol. The molecule has 0 saturated carbocycles. The summed E-state index contributed by atoms with van der Waals surface area (Å²) in [4.78, 5) is 6.96. The van der Waals surface area contributed by atoms with Crippen molar-refractivity contribution >= 4 is 5.82 Å². The van der Waals surface area contributed by atoms with Gasteiger partial charge >= 0.3 is 0 Å². The van der Waals surface area contributed by atoms with Crippen LogP contribution < -0.4 is 10.2 Å². The van der Waals surface area contributed by atoms with Crippen LogP contribution in [0.25, 0.3) is 0 Å². The van der Waals surface area contributed by atoms with Gasteiger partial charge in [-0.2, -0.15) is 0 Å². The zero-order chi connectivity index (χ0) is 15.3. The Labute approximate surface area is 128 Å². The molecule has 21 heavy (non-hydrogen) atoms. The number of nitrogens with one attached hydrogen (secondary N) is 1. The molecule has 2 rings (SSSR count). The van der Waals surface area contributed by atoms with E-state index in [1.807, 2.05) is 19.2 Å². The molecule has 1 saturated heterocycles. The van der Waals surface area contributed by atoms with Crippen LogP contribution >= 0.6 is 0 Å². The number of aromatic nitrogens is 1. The van der Waals surface area contributed by atoms with E-state index >= 15 is 0 Å². The molecule has 1 aromatic heterocycles. The van der Waals surface area contributed by atoms with E-state index in [9.17, 15) is 5.11 Å². The lowest BCUT2D eigenvalue weighted by molar-refractivity contribution is 0.0481. The molecule has 2 heterocycles. The Balaban J connectivity index is 2.15. The van der Waals surface area contributed by atoms with E-state index in [1.54, 1.807) is 0 Å². The Morgan fingerprint density at radius 2 is 2.24 bits per heavy atom. The fourth-order valence-electron chi connectivity index (χ4n) is 2.96. The zero-order valence-electron chi connectivity index (χ0n) is 13.6. The van der Waals surface area contributed by atoms with Crippen LogP contribution in [0, 0.1) is 0 Å². The molecule has 4 nitrogen and oxygen atoms in total. The van der Waals surface area contributed by atoms with Crippen LogP contribution in [0.1, 0.15) is 58.1 Å². The summed E-state index contributed by atoms with van der Waals surface area (Å²) in [7, 11) is 0. The molecule has 2 N–H and O–H groups in total. The van der Waals surface area contributed by atoms with Crippen LogP contribution in [-0.2, 0) is 0 Å². The maximum atomic E-state index is 10.3. The number of anilines is 1. The highest BCUT2D eigenvalue weighted by Gasteiger charge is 2.26. The SMILES string of the molecule is CCCNC(C)c1cccnc1N1CCCC(C)(O)CC1. The van der Waals surface area contributed by atoms with Crippen LogP contribution in [-0.4, -0.2) is 35.3 Å². The van der Waals surface area contributed by atoms with Gasteiger partial charge in [-0.3, -0.25) is 0 Å². The molecular weight excluding hydrogens is 262 g/mol. The van der Waals surface area contributed by atoms with E-state index < -0.39 is 5.60 Å². The van der Waals surface area contributed by atoms with Crippen molar-refractivity contribution in [1.82, 2.24) is 10.3 Å². The predicted octanol–water partition coefficient (Wildman–Crippen LogP) is 2.88. The molecule has 2 atom stereocenters. The molecule has 1 aliphatic rings. The maximum Gasteiger partial charge on any atom is 0.133 e. The Bertz CT molecular complexity index is 447. The largest absolute Gasteiger partial charge is 0.390 e. The lowest BCUT2D eigenvalue weighted by Gasteiger charge is -2.27. The molecule has 1 aliphatic heterocycles. The van der Waals surface area contributed by atoms with Crippen molar-refractivity contribution in [2.24, 2.45) is 0 Å². The van der Waals surface area contributed by atoms with Gasteiger partial charge in [0.1, 0.15) is 5.82 Å². The Kier molecular flexibility index (Phi) is 5.59. The van der Waals surface area contributed by atoms with Gasteiger partial charge in [-0.05, 0) is 52.1 Å². The van der Waals surface area contributed by atoms with Gasteiger partial charge in [-0.1, -0.05) is 13.0 Å². The van der Waals surface area contributed by atoms with Gasteiger partial charge in [-0.25, -0.2) is 4.98 Å². The maximum absolute atomic E-state index is 10.3. The second-order valence-electron chi connectivity index (χ2n) is 6.43. The van der Waals surface area contributed by atoms with Crippen molar-refractivity contribution in [3.05, 3.63) is 23.9 Å². The molecule has 2 unspecified atom stereocenters. The first kappa shape index (κ1) is 16.2. The summed E-state index contributed by atoms with van der Waals surface area (Å²) in [6.45, 7) is 9.19. The average molecular weight is 291 g/mol. The van der Waals surface area contributed by atoms with Crippen molar-refractivity contribution in [2.45, 2.75) is 58.1 Å². The first-order valence-corrected chi connectivity index (χ1v) is 8.19. The molecule has 0 radical (unpaired) electrons. The predicted molar refractivity (Wildman–Crippen MR) is 87.6 cm³/mol. The van der Waals surface area contributed by atoms with Gasteiger partial charge in [0.25, 0.3) is 0 Å². The normalized spacial score (nSPS) is 24.7. The summed E-state index contributed by atoms with van der Waals surface area (Å²) in [5.41, 5.74) is 0.725. The average Bonchev–Trinajstić information content (AvgIpc) is 2.65. The standard InChI is InChI=1S/C17H29N3O/c1-4-10-18-14(2)15-7-5-11-19-16(15)20-12-6-8-17(3,21)9-13-20/h5,7,11,14,18,21H,4,6,8-10,12-13H2,1-3H3. The summed E-state index contributed by atoms with van der Waals surface area (Å²) in [6, 6.07) is 4.48. The minimum Gasteiger partial charge on any atom is -0.390 e. The van der Waals surface area contributed by atoms with E-state index in [0.717, 1.165) is 51.1 Å². The third-order valence-electron chi connectivity index (χ3n) is 4.35. The second kappa shape index (κ2) is 7.23. The van der Waals surface area contributed by atoms with Gasteiger partial charge in [0.2, 0.25) is 0 Å². The third kappa shape index (κ3) is 4.42. The van der Waals surface area contributed by atoms with E-state index in [2.05, 4.69) is 35.1 Å². The molecule has 1 aromatic rings. The van der Waals surface area contributed by atoms with Crippen molar-refractivity contribution < 1.29 is 5.11 Å². The first-order valence-electron chi connectivity index (χ1n) is 8.19. The lowest BCUT2D eigenvalue weighted by atomic mass is 9.98. The van der Waals surface area contributed by atoms with E-state index in [4.69, 9.17) is 0 Å². The topological polar surface area (TPSA) is 48.4 Å². The molecule has 0 aliphatic carbocycles. The van der Waals surface area contributed by atoms with Crippen LogP contribution in [0.15, 0.2) is 18.3 Å². The van der Waals surface area contributed by atoms with E-state index in [0.29, 0.717) is 6.04 Å². The van der Waals surface area contributed by atoms with E-state index in [-0.39, 0.29) is 0 Å². The molecule has 0 amide bonds. The molecule has 0 spiro atoms. The van der Waals surface area contributed by atoms with Crippen LogP contribution in [0.5, 0.6) is 0 Å². The Hall–Kier alpha value is -1.13. The summed E-state index contributed by atoms with van der Waals surface area (Å²) < 4.78 is 0. The highest BCUT2D eigenvalue weighted by molar-refractivity contribution is 5.48. The number of nitrogens with zero attached hydrogens (tertiary/aromatic N) is 2. The minimum atomic E-state index is -0.532. The Morgan fingerprint density at radius 3 is 3.00 bits per heavy atom. The van der Waals surface area contributed by atoms with Crippen molar-refractivity contribution in [3.8, 4) is 0 Å². The smallest absolute Gasteiger partial charge is 0.133 e. The minimum absolute atomic E-state index is 0.303. The highest BCUT2D eigenvalue weighted by atomic mass is 16.3. The summed E-state index contributed by atoms with van der Waals surface area (Å²) >= 11 is 0. The fraction of sp³-hybridized carbons (Fsp3) is 0.706. The number of rotatable bonds is 5. The van der Waals surface area contributed by atoms with Gasteiger partial charge in [0, 0.05) is 30.9 Å².